The summed E-state index contributed by atoms with van der Waals surface area (Å²) < 4.78 is 5.58. The van der Waals surface area contributed by atoms with Crippen LogP contribution in [0.1, 0.15) is 33.3 Å². The molecule has 0 N–H and O–H groups in total. The van der Waals surface area contributed by atoms with Crippen molar-refractivity contribution in [2.24, 2.45) is 5.92 Å². The third kappa shape index (κ3) is 7.41. The third-order valence-electron chi connectivity index (χ3n) is 4.17. The van der Waals surface area contributed by atoms with Crippen LogP contribution in [0.5, 0.6) is 0 Å². The summed E-state index contributed by atoms with van der Waals surface area (Å²) in [5.41, 5.74) is 3.18. The minimum Gasteiger partial charge on any atom is -0.461 e. The maximum atomic E-state index is 12.9. The number of carbonyl (C=O) groups excluding carboxylic acids is 3. The smallest absolute Gasteiger partial charge is 0.373 e. The molecule has 0 aliphatic heterocycles. The van der Waals surface area contributed by atoms with Crippen molar-refractivity contribution in [3.05, 3.63) is 54.1 Å². The Morgan fingerprint density at radius 2 is 1.38 bits per heavy atom. The summed E-state index contributed by atoms with van der Waals surface area (Å²) in [5, 5.41) is 0. The summed E-state index contributed by atoms with van der Waals surface area (Å²) in [6.45, 7) is 9.96. The molecule has 0 aliphatic carbocycles. The van der Waals surface area contributed by atoms with E-state index >= 15 is 0 Å². The number of rotatable bonds is 7. The van der Waals surface area contributed by atoms with Gasteiger partial charge in [-0.05, 0) is 69.3 Å². The molecule has 2 aromatic carbocycles. The van der Waals surface area contributed by atoms with Crippen LogP contribution in [0.4, 0.5) is 11.4 Å². The molecular formula is C23H29NO4S. The van der Waals surface area contributed by atoms with E-state index in [1.165, 1.54) is 10.5 Å². The Morgan fingerprint density at radius 3 is 1.76 bits per heavy atom. The number of carbonyl (C=O) groups is 1. The zero-order valence-corrected chi connectivity index (χ0v) is 18.7. The number of hydrogen-bond donors (Lipinski definition) is 0. The van der Waals surface area contributed by atoms with Gasteiger partial charge in [-0.15, -0.1) is 11.8 Å². The molecule has 0 heterocycles. The summed E-state index contributed by atoms with van der Waals surface area (Å²) in [5.74, 6) is -0.0905. The molecule has 0 amide bonds. The second kappa shape index (κ2) is 12.1. The predicted molar refractivity (Wildman–Crippen MR) is 116 cm³/mol. The van der Waals surface area contributed by atoms with Crippen LogP contribution in [0.15, 0.2) is 53.4 Å². The highest BCUT2D eigenvalue weighted by Crippen LogP contribution is 2.33. The molecular weight excluding hydrogens is 386 g/mol. The second-order valence-electron chi connectivity index (χ2n) is 7.16. The van der Waals surface area contributed by atoms with E-state index < -0.39 is 0 Å². The molecule has 0 fully saturated rings. The first-order valence-electron chi connectivity index (χ1n) is 9.44. The largest absolute Gasteiger partial charge is 0.461 e. The number of thioether (sulfide) groups is 1. The predicted octanol–water partition coefficient (Wildman–Crippen LogP) is 5.25. The van der Waals surface area contributed by atoms with Crippen molar-refractivity contribution < 1.29 is 19.1 Å². The van der Waals surface area contributed by atoms with E-state index in [0.717, 1.165) is 11.4 Å². The van der Waals surface area contributed by atoms with Crippen molar-refractivity contribution in [2.75, 3.05) is 11.2 Å². The molecule has 1 unspecified atom stereocenters. The molecule has 0 aromatic heterocycles. The van der Waals surface area contributed by atoms with E-state index in [-0.39, 0.29) is 30.2 Å². The Labute approximate surface area is 177 Å². The molecule has 0 bridgehead atoms. The number of benzene rings is 2. The highest BCUT2D eigenvalue weighted by Gasteiger charge is 2.32. The Bertz CT molecular complexity index is 795. The molecule has 0 aliphatic rings. The lowest BCUT2D eigenvalue weighted by molar-refractivity contribution is -0.191. The number of esters is 1. The Balaban J connectivity index is 0.00000132. The van der Waals surface area contributed by atoms with Crippen LogP contribution in [-0.4, -0.2) is 30.5 Å². The first-order chi connectivity index (χ1) is 13.7. The molecule has 0 spiro atoms. The number of hydrogen-bond acceptors (Lipinski definition) is 6. The molecule has 29 heavy (non-hydrogen) atoms. The number of anilines is 2. The lowest BCUT2D eigenvalue weighted by Gasteiger charge is -2.35. The lowest BCUT2D eigenvalue weighted by Crippen LogP contribution is -2.44. The topological polar surface area (TPSA) is 63.7 Å². The summed E-state index contributed by atoms with van der Waals surface area (Å²) in [7, 11) is 0. The summed E-state index contributed by atoms with van der Waals surface area (Å²) in [6, 6.07) is 16.2. The molecule has 0 saturated heterocycles. The zero-order chi connectivity index (χ0) is 22.0. The Hall–Kier alpha value is -2.56. The van der Waals surface area contributed by atoms with Gasteiger partial charge < -0.3 is 9.64 Å². The summed E-state index contributed by atoms with van der Waals surface area (Å²) in [6.07, 6.45) is 2.17. The maximum absolute atomic E-state index is 12.9. The van der Waals surface area contributed by atoms with Crippen LogP contribution in [0.25, 0.3) is 0 Å². The van der Waals surface area contributed by atoms with Gasteiger partial charge in [0, 0.05) is 16.3 Å². The van der Waals surface area contributed by atoms with E-state index in [1.54, 1.807) is 11.8 Å². The first-order valence-corrected chi connectivity index (χ1v) is 10.7. The zero-order valence-electron chi connectivity index (χ0n) is 17.8. The first kappa shape index (κ1) is 24.5. The van der Waals surface area contributed by atoms with E-state index in [2.05, 4.69) is 80.5 Å². The van der Waals surface area contributed by atoms with Crippen LogP contribution in [0.3, 0.4) is 0 Å². The van der Waals surface area contributed by atoms with Crippen LogP contribution < -0.4 is 4.90 Å². The maximum Gasteiger partial charge on any atom is 0.373 e. The van der Waals surface area contributed by atoms with Gasteiger partial charge in [-0.2, -0.15) is 9.59 Å². The molecule has 156 valence electrons. The molecule has 0 radical (unpaired) electrons. The Kier molecular flexibility index (Phi) is 10.2. The van der Waals surface area contributed by atoms with Gasteiger partial charge in [0.2, 0.25) is 0 Å². The van der Waals surface area contributed by atoms with Gasteiger partial charge in [-0.3, -0.25) is 0 Å². The monoisotopic (exact) mass is 415 g/mol. The number of ether oxygens (including phenoxy) is 1. The molecule has 1 atom stereocenters. The van der Waals surface area contributed by atoms with Crippen molar-refractivity contribution in [3.8, 4) is 0 Å². The van der Waals surface area contributed by atoms with Crippen molar-refractivity contribution >= 4 is 35.3 Å². The fourth-order valence-corrected chi connectivity index (χ4v) is 3.30. The molecule has 5 nitrogen and oxygen atoms in total. The van der Waals surface area contributed by atoms with Crippen molar-refractivity contribution in [2.45, 2.75) is 51.7 Å². The minimum absolute atomic E-state index is 0.0998. The van der Waals surface area contributed by atoms with Crippen LogP contribution >= 0.6 is 11.8 Å². The van der Waals surface area contributed by atoms with Crippen molar-refractivity contribution in [3.63, 3.8) is 0 Å². The quantitative estimate of drug-likeness (QED) is 0.455. The lowest BCUT2D eigenvalue weighted by atomic mass is 10.00. The second-order valence-corrected chi connectivity index (χ2v) is 8.04. The summed E-state index contributed by atoms with van der Waals surface area (Å²) in [4.78, 5) is 32.4. The number of nitrogens with zero attached hydrogens (tertiary/aromatic N) is 1. The molecule has 2 rings (SSSR count). The van der Waals surface area contributed by atoms with Gasteiger partial charge in [-0.1, -0.05) is 31.5 Å². The summed E-state index contributed by atoms with van der Waals surface area (Å²) >= 11 is 1.71. The normalized spacial score (nSPS) is 11.3. The van der Waals surface area contributed by atoms with Gasteiger partial charge >= 0.3 is 12.1 Å². The SMILES string of the molecule is CSc1ccc(N(c2ccc(C)cc2)C(C(=O)OC(C)C)C(C)C)cc1.O=C=O. The van der Waals surface area contributed by atoms with E-state index in [4.69, 9.17) is 14.3 Å². The fourth-order valence-electron chi connectivity index (χ4n) is 2.90. The third-order valence-corrected chi connectivity index (χ3v) is 4.91. The molecule has 0 saturated carbocycles. The van der Waals surface area contributed by atoms with Crippen molar-refractivity contribution in [1.29, 1.82) is 0 Å². The van der Waals surface area contributed by atoms with Gasteiger partial charge in [0.05, 0.1) is 6.10 Å². The molecule has 2 aromatic rings. The van der Waals surface area contributed by atoms with Crippen LogP contribution in [0, 0.1) is 12.8 Å². The highest BCUT2D eigenvalue weighted by atomic mass is 32.2. The highest BCUT2D eigenvalue weighted by molar-refractivity contribution is 7.98. The minimum atomic E-state index is -0.389. The van der Waals surface area contributed by atoms with Crippen LogP contribution in [-0.2, 0) is 19.1 Å². The van der Waals surface area contributed by atoms with E-state index in [9.17, 15) is 4.79 Å². The van der Waals surface area contributed by atoms with Gasteiger partial charge in [0.1, 0.15) is 6.04 Å². The van der Waals surface area contributed by atoms with Crippen molar-refractivity contribution in [1.82, 2.24) is 0 Å². The average molecular weight is 416 g/mol. The van der Waals surface area contributed by atoms with Crippen LogP contribution in [0.2, 0.25) is 0 Å². The standard InChI is InChI=1S/C22H29NO2S.CO2/c1-15(2)21(22(24)25-16(3)4)23(18-9-7-17(5)8-10-18)19-11-13-20(26-6)14-12-19;2-1-3/h7-16,21H,1-6H3;. The Morgan fingerprint density at radius 1 is 0.931 bits per heavy atom. The number of aryl methyl sites for hydroxylation is 1. The fraction of sp³-hybridized carbons (Fsp3) is 0.391. The van der Waals surface area contributed by atoms with E-state index in [0.29, 0.717) is 0 Å². The van der Waals surface area contributed by atoms with Gasteiger partial charge in [0.25, 0.3) is 0 Å². The van der Waals surface area contributed by atoms with Gasteiger partial charge in [0.15, 0.2) is 0 Å². The van der Waals surface area contributed by atoms with Gasteiger partial charge in [-0.25, -0.2) is 4.79 Å². The molecule has 6 heteroatoms. The van der Waals surface area contributed by atoms with E-state index in [1.807, 2.05) is 13.8 Å². The average Bonchev–Trinajstić information content (AvgIpc) is 2.66.